The van der Waals surface area contributed by atoms with Crippen molar-refractivity contribution < 1.29 is 36.6 Å². The van der Waals surface area contributed by atoms with E-state index in [1.165, 1.54) is 31.2 Å². The average molecular weight is 533 g/mol. The van der Waals surface area contributed by atoms with Gasteiger partial charge in [-0.15, -0.1) is 11.6 Å². The van der Waals surface area contributed by atoms with E-state index in [9.17, 15) is 26.8 Å². The molecular formula is C21H19ClF2N2O6S2. The lowest BCUT2D eigenvalue weighted by molar-refractivity contribution is -0.137. The summed E-state index contributed by atoms with van der Waals surface area (Å²) in [6.07, 6.45) is 0.673. The molecule has 1 aliphatic rings. The normalized spacial score (nSPS) is 19.7. The fraction of sp³-hybridized carbons (Fsp3) is 0.286. The summed E-state index contributed by atoms with van der Waals surface area (Å²) in [5.41, 5.74) is -1.76. The molecule has 1 aliphatic heterocycles. The molecule has 1 heterocycles. The highest BCUT2D eigenvalue weighted by Crippen LogP contribution is 2.34. The van der Waals surface area contributed by atoms with Crippen molar-refractivity contribution in [2.24, 2.45) is 4.99 Å². The number of aliphatic imine (C=N–C) groups is 1. The van der Waals surface area contributed by atoms with Crippen molar-refractivity contribution in [3.8, 4) is 5.75 Å². The number of benzene rings is 2. The molecule has 13 heteroatoms. The number of rotatable bonds is 7. The van der Waals surface area contributed by atoms with Gasteiger partial charge in [0.1, 0.15) is 10.5 Å². The van der Waals surface area contributed by atoms with Gasteiger partial charge in [-0.25, -0.2) is 17.2 Å². The number of alkyl halides is 1. The van der Waals surface area contributed by atoms with Gasteiger partial charge in [0, 0.05) is 17.9 Å². The summed E-state index contributed by atoms with van der Waals surface area (Å²) in [7, 11) is -3.52. The minimum Gasteiger partial charge on any atom is -0.481 e. The molecule has 0 aromatic heterocycles. The molecule has 0 fully saturated rings. The Morgan fingerprint density at radius 2 is 1.88 bits per heavy atom. The van der Waals surface area contributed by atoms with Crippen molar-refractivity contribution >= 4 is 50.2 Å². The first-order chi connectivity index (χ1) is 15.8. The number of nitrogens with one attached hydrogen (secondary N) is 1. The number of carboxylic acid groups (broad SMARTS) is 1. The van der Waals surface area contributed by atoms with Gasteiger partial charge in [-0.05, 0) is 31.2 Å². The zero-order valence-electron chi connectivity index (χ0n) is 17.8. The molecule has 0 saturated carbocycles. The van der Waals surface area contributed by atoms with Gasteiger partial charge >= 0.3 is 5.97 Å². The molecule has 0 saturated heterocycles. The number of amides is 1. The van der Waals surface area contributed by atoms with Gasteiger partial charge in [0.2, 0.25) is 5.60 Å². The molecule has 2 aromatic rings. The number of aliphatic carboxylic acids is 1. The van der Waals surface area contributed by atoms with Gasteiger partial charge in [0.25, 0.3) is 5.91 Å². The first-order valence-electron chi connectivity index (χ1n) is 9.66. The fourth-order valence-corrected chi connectivity index (χ4v) is 4.96. The summed E-state index contributed by atoms with van der Waals surface area (Å²) < 4.78 is 56.2. The third-order valence-electron chi connectivity index (χ3n) is 4.89. The molecule has 2 aromatic carbocycles. The second-order valence-electron chi connectivity index (χ2n) is 7.53. The molecule has 0 aliphatic carbocycles. The van der Waals surface area contributed by atoms with Gasteiger partial charge in [0.05, 0.1) is 17.4 Å². The van der Waals surface area contributed by atoms with Crippen molar-refractivity contribution in [1.82, 2.24) is 5.32 Å². The minimum absolute atomic E-state index is 0.0100. The monoisotopic (exact) mass is 532 g/mol. The predicted octanol–water partition coefficient (Wildman–Crippen LogP) is 3.29. The number of nitrogens with zero attached hydrogens (tertiary/aromatic N) is 1. The Morgan fingerprint density at radius 1 is 1.24 bits per heavy atom. The first-order valence-corrected chi connectivity index (χ1v) is 12.9. The SMILES string of the molecule is CC(Oc1ccc(F)cc1F)(C(=O)NC1=NC(CC(=O)O)C(Cl)S1)c1ccc(S(C)(=O)=O)cc1. The number of hydrogen-bond acceptors (Lipinski definition) is 7. The number of ether oxygens (including phenoxy) is 1. The lowest BCUT2D eigenvalue weighted by Gasteiger charge is -2.30. The smallest absolute Gasteiger partial charge is 0.305 e. The van der Waals surface area contributed by atoms with E-state index in [1.54, 1.807) is 0 Å². The Morgan fingerprint density at radius 3 is 2.44 bits per heavy atom. The lowest BCUT2D eigenvalue weighted by atomic mass is 9.94. The van der Waals surface area contributed by atoms with E-state index in [-0.39, 0.29) is 22.0 Å². The van der Waals surface area contributed by atoms with Gasteiger partial charge in [-0.1, -0.05) is 23.9 Å². The van der Waals surface area contributed by atoms with Gasteiger partial charge < -0.3 is 15.2 Å². The lowest BCUT2D eigenvalue weighted by Crippen LogP contribution is -2.48. The van der Waals surface area contributed by atoms with Crippen LogP contribution in [0.5, 0.6) is 5.75 Å². The molecule has 0 spiro atoms. The van der Waals surface area contributed by atoms with Crippen molar-refractivity contribution in [2.45, 2.75) is 34.6 Å². The molecule has 3 atom stereocenters. The molecular weight excluding hydrogens is 514 g/mol. The zero-order chi connectivity index (χ0) is 25.3. The highest BCUT2D eigenvalue weighted by atomic mass is 35.5. The number of carbonyl (C=O) groups excluding carboxylic acids is 1. The zero-order valence-corrected chi connectivity index (χ0v) is 20.2. The number of carboxylic acids is 1. The summed E-state index contributed by atoms with van der Waals surface area (Å²) in [6.45, 7) is 1.31. The Labute approximate surface area is 203 Å². The highest BCUT2D eigenvalue weighted by Gasteiger charge is 2.41. The van der Waals surface area contributed by atoms with Crippen LogP contribution >= 0.6 is 23.4 Å². The molecule has 3 unspecified atom stereocenters. The van der Waals surface area contributed by atoms with Crippen molar-refractivity contribution in [1.29, 1.82) is 0 Å². The van der Waals surface area contributed by atoms with Gasteiger partial charge in [0.15, 0.2) is 26.6 Å². The van der Waals surface area contributed by atoms with Gasteiger partial charge in [-0.2, -0.15) is 0 Å². The van der Waals surface area contributed by atoms with E-state index < -0.39 is 55.4 Å². The number of hydrogen-bond donors (Lipinski definition) is 2. The van der Waals surface area contributed by atoms with E-state index in [1.807, 2.05) is 0 Å². The second-order valence-corrected chi connectivity index (χ2v) is 11.4. The largest absolute Gasteiger partial charge is 0.481 e. The van der Waals surface area contributed by atoms with E-state index >= 15 is 0 Å². The van der Waals surface area contributed by atoms with E-state index in [4.69, 9.17) is 21.4 Å². The molecule has 8 nitrogen and oxygen atoms in total. The van der Waals surface area contributed by atoms with Crippen LogP contribution in [0.15, 0.2) is 52.4 Å². The number of sulfone groups is 1. The van der Waals surface area contributed by atoms with Crippen molar-refractivity contribution in [3.63, 3.8) is 0 Å². The van der Waals surface area contributed by atoms with Crippen LogP contribution in [0.25, 0.3) is 0 Å². The molecule has 182 valence electrons. The maximum Gasteiger partial charge on any atom is 0.305 e. The number of carbonyl (C=O) groups is 2. The minimum atomic E-state index is -3.52. The van der Waals surface area contributed by atoms with Crippen LogP contribution < -0.4 is 10.1 Å². The van der Waals surface area contributed by atoms with Crippen molar-refractivity contribution in [2.75, 3.05) is 6.26 Å². The predicted molar refractivity (Wildman–Crippen MR) is 123 cm³/mol. The van der Waals surface area contributed by atoms with Crippen LogP contribution in [0.4, 0.5) is 8.78 Å². The first kappa shape index (κ1) is 25.9. The van der Waals surface area contributed by atoms with E-state index in [0.29, 0.717) is 6.07 Å². The van der Waals surface area contributed by atoms with Crippen LogP contribution in [0.2, 0.25) is 0 Å². The van der Waals surface area contributed by atoms with Crippen molar-refractivity contribution in [3.05, 3.63) is 59.7 Å². The van der Waals surface area contributed by atoms with Crippen LogP contribution in [0, 0.1) is 11.6 Å². The standard InChI is InChI=1S/C21H19ClF2N2O6S2/c1-21(32-16-8-5-12(23)9-14(16)24,11-3-6-13(7-4-11)34(2,30)31)19(29)26-20-25-15(10-17(27)28)18(22)33-20/h3-9,15,18H,10H2,1-2H3,(H,27,28)(H,25,26,29). The average Bonchev–Trinajstić information content (AvgIpc) is 3.07. The van der Waals surface area contributed by atoms with Crippen LogP contribution in [0.1, 0.15) is 18.9 Å². The molecule has 0 bridgehead atoms. The number of halogens is 3. The second kappa shape index (κ2) is 9.88. The summed E-state index contributed by atoms with van der Waals surface area (Å²) >= 11 is 7.05. The van der Waals surface area contributed by atoms with E-state index in [2.05, 4.69) is 10.3 Å². The topological polar surface area (TPSA) is 122 Å². The van der Waals surface area contributed by atoms with Crippen LogP contribution in [-0.2, 0) is 25.0 Å². The molecule has 3 rings (SSSR count). The fourth-order valence-electron chi connectivity index (χ4n) is 3.05. The quantitative estimate of drug-likeness (QED) is 0.525. The maximum absolute atomic E-state index is 14.3. The third-order valence-corrected chi connectivity index (χ3v) is 7.55. The molecule has 2 N–H and O–H groups in total. The summed E-state index contributed by atoms with van der Waals surface area (Å²) in [5.74, 6) is -4.26. The van der Waals surface area contributed by atoms with Crippen LogP contribution in [0.3, 0.4) is 0 Å². The molecule has 0 radical (unpaired) electrons. The Bertz CT molecular complexity index is 1260. The number of amidine groups is 1. The Kier molecular flexibility index (Phi) is 7.53. The Balaban J connectivity index is 1.97. The van der Waals surface area contributed by atoms with Gasteiger partial charge in [-0.3, -0.25) is 14.6 Å². The third kappa shape index (κ3) is 5.86. The summed E-state index contributed by atoms with van der Waals surface area (Å²) in [4.78, 5) is 28.4. The summed E-state index contributed by atoms with van der Waals surface area (Å²) in [5, 5.41) is 11.5. The molecule has 1 amide bonds. The van der Waals surface area contributed by atoms with E-state index in [0.717, 1.165) is 30.2 Å². The highest BCUT2D eigenvalue weighted by molar-refractivity contribution is 8.15. The maximum atomic E-state index is 14.3. The molecule has 34 heavy (non-hydrogen) atoms. The number of thioether (sulfide) groups is 1. The van der Waals surface area contributed by atoms with Crippen LogP contribution in [-0.4, -0.2) is 47.6 Å². The summed E-state index contributed by atoms with van der Waals surface area (Å²) in [6, 6.07) is 6.97. The Hall–Kier alpha value is -2.70.